The first kappa shape index (κ1) is 36.0. The first-order valence-corrected chi connectivity index (χ1v) is 16.8. The molecule has 0 unspecified atom stereocenters. The molecule has 4 aromatic rings. The number of hydrogen-bond acceptors (Lipinski definition) is 8. The maximum absolute atomic E-state index is 14.5. The monoisotopic (exact) mass is 718 g/mol. The van der Waals surface area contributed by atoms with E-state index in [0.717, 1.165) is 22.3 Å². The SMILES string of the molecule is COC(=O)N[C@@H](C)C(=O)N1C[C@H](F)C[C@H]1c1ncc(-c2ccc(-c3ccc(-c4cnc([C@@H]5C[C@@H](F)CN5C(=O)[C@H](C)NC(=O)OC)[nH]4)cc3)cc2)[nH]1. The summed E-state index contributed by atoms with van der Waals surface area (Å²) in [6.07, 6.45) is -0.466. The molecule has 16 heteroatoms. The Bertz CT molecular complexity index is 1780. The van der Waals surface area contributed by atoms with Gasteiger partial charge < -0.3 is 39.9 Å². The molecule has 2 aromatic heterocycles. The number of alkyl carbamates (subject to hydrolysis) is 2. The second-order valence-electron chi connectivity index (χ2n) is 12.9. The van der Waals surface area contributed by atoms with Crippen LogP contribution in [0, 0.1) is 0 Å². The van der Waals surface area contributed by atoms with Gasteiger partial charge in [-0.25, -0.2) is 28.3 Å². The lowest BCUT2D eigenvalue weighted by Gasteiger charge is -2.26. The van der Waals surface area contributed by atoms with Gasteiger partial charge in [0.2, 0.25) is 11.8 Å². The lowest BCUT2D eigenvalue weighted by atomic mass is 10.0. The second kappa shape index (κ2) is 15.2. The highest BCUT2D eigenvalue weighted by molar-refractivity contribution is 5.86. The van der Waals surface area contributed by atoms with Crippen LogP contribution in [0.2, 0.25) is 0 Å². The number of imidazole rings is 2. The zero-order valence-electron chi connectivity index (χ0n) is 29.1. The molecule has 0 radical (unpaired) electrons. The van der Waals surface area contributed by atoms with E-state index in [0.29, 0.717) is 23.0 Å². The lowest BCUT2D eigenvalue weighted by molar-refractivity contribution is -0.134. The third kappa shape index (κ3) is 7.60. The number of amides is 4. The maximum Gasteiger partial charge on any atom is 0.407 e. The summed E-state index contributed by atoms with van der Waals surface area (Å²) < 4.78 is 38.2. The topological polar surface area (TPSA) is 175 Å². The van der Waals surface area contributed by atoms with Crippen LogP contribution in [-0.4, -0.2) is 105 Å². The molecule has 0 spiro atoms. The summed E-state index contributed by atoms with van der Waals surface area (Å²) in [6, 6.07) is 12.6. The summed E-state index contributed by atoms with van der Waals surface area (Å²) in [4.78, 5) is 67.5. The molecule has 4 heterocycles. The van der Waals surface area contributed by atoms with Gasteiger partial charge in [-0.3, -0.25) is 9.59 Å². The number of benzene rings is 2. The molecule has 6 rings (SSSR count). The Morgan fingerprint density at radius 2 is 1.02 bits per heavy atom. The number of halogens is 2. The van der Waals surface area contributed by atoms with E-state index in [2.05, 4.69) is 40.0 Å². The number of ether oxygens (including phenoxy) is 2. The average molecular weight is 719 g/mol. The van der Waals surface area contributed by atoms with Crippen molar-refractivity contribution in [2.24, 2.45) is 0 Å². The molecule has 2 aromatic carbocycles. The number of likely N-dealkylation sites (tertiary alicyclic amines) is 2. The molecule has 0 saturated carbocycles. The first-order valence-electron chi connectivity index (χ1n) is 16.8. The van der Waals surface area contributed by atoms with Crippen molar-refractivity contribution >= 4 is 24.0 Å². The number of nitrogens with zero attached hydrogens (tertiary/aromatic N) is 4. The standard InChI is InChI=1S/C36H40F2N8O6/c1-19(41-35(49)51-3)33(47)45-17-25(37)13-29(45)31-39-15-27(43-31)23-9-5-21(6-10-23)22-7-11-24(12-8-22)28-16-40-32(44-28)30-14-26(38)18-46(30)34(48)20(2)42-36(50)52-4/h5-12,15-16,19-20,25-26,29-30H,13-14,17-18H2,1-4H3,(H,39,43)(H,40,44)(H,41,49)(H,42,50)/t19-,20-,25+,26+,29-,30-/m0/s1. The van der Waals surface area contributed by atoms with E-state index >= 15 is 0 Å². The van der Waals surface area contributed by atoms with Crippen LogP contribution in [0.5, 0.6) is 0 Å². The molecule has 4 N–H and O–H groups in total. The Morgan fingerprint density at radius 1 is 0.673 bits per heavy atom. The van der Waals surface area contributed by atoms with E-state index in [1.165, 1.54) is 37.9 Å². The number of rotatable bonds is 9. The minimum absolute atomic E-state index is 0.0880. The smallest absolute Gasteiger partial charge is 0.407 e. The zero-order chi connectivity index (χ0) is 37.1. The number of nitrogens with one attached hydrogen (secondary N) is 4. The van der Waals surface area contributed by atoms with Crippen molar-refractivity contribution in [2.45, 2.75) is 63.2 Å². The molecule has 14 nitrogen and oxygen atoms in total. The Hall–Kier alpha value is -5.80. The van der Waals surface area contributed by atoms with Crippen LogP contribution in [0.4, 0.5) is 18.4 Å². The van der Waals surface area contributed by atoms with Crippen LogP contribution < -0.4 is 10.6 Å². The van der Waals surface area contributed by atoms with Gasteiger partial charge in [-0.1, -0.05) is 48.5 Å². The van der Waals surface area contributed by atoms with Crippen molar-refractivity contribution in [3.8, 4) is 33.6 Å². The molecule has 2 fully saturated rings. The Labute approximate surface area is 298 Å². The minimum Gasteiger partial charge on any atom is -0.453 e. The number of aromatic nitrogens is 4. The second-order valence-corrected chi connectivity index (χ2v) is 12.9. The van der Waals surface area contributed by atoms with Gasteiger partial charge in [0.05, 0.1) is 63.2 Å². The van der Waals surface area contributed by atoms with Crippen molar-refractivity contribution in [3.05, 3.63) is 72.6 Å². The van der Waals surface area contributed by atoms with Gasteiger partial charge in [0, 0.05) is 12.8 Å². The number of alkyl halides is 2. The summed E-state index contributed by atoms with van der Waals surface area (Å²) in [5.41, 5.74) is 5.04. The summed E-state index contributed by atoms with van der Waals surface area (Å²) in [6.45, 7) is 2.84. The fourth-order valence-electron chi connectivity index (χ4n) is 6.66. The molecular weight excluding hydrogens is 678 g/mol. The molecule has 2 aliphatic heterocycles. The van der Waals surface area contributed by atoms with Gasteiger partial charge in [-0.2, -0.15) is 0 Å². The van der Waals surface area contributed by atoms with Crippen LogP contribution in [0.15, 0.2) is 60.9 Å². The largest absolute Gasteiger partial charge is 0.453 e. The van der Waals surface area contributed by atoms with E-state index in [1.54, 1.807) is 12.4 Å². The number of H-pyrrole nitrogens is 2. The molecule has 2 aliphatic rings. The van der Waals surface area contributed by atoms with Crippen molar-refractivity contribution < 1.29 is 37.4 Å². The van der Waals surface area contributed by atoms with Crippen molar-refractivity contribution in [1.82, 2.24) is 40.4 Å². The van der Waals surface area contributed by atoms with E-state index in [4.69, 9.17) is 0 Å². The summed E-state index contributed by atoms with van der Waals surface area (Å²) in [5.74, 6) is 0.0510. The minimum atomic E-state index is -1.22. The normalized spacial score (nSPS) is 21.0. The van der Waals surface area contributed by atoms with E-state index in [1.807, 2.05) is 48.5 Å². The number of methoxy groups -OCH3 is 2. The van der Waals surface area contributed by atoms with Gasteiger partial charge in [-0.05, 0) is 36.1 Å². The highest BCUT2D eigenvalue weighted by atomic mass is 19.1. The average Bonchev–Trinajstić information content (AvgIpc) is 3.97. The molecule has 0 aliphatic carbocycles. The molecular formula is C36H40F2N8O6. The third-order valence-corrected chi connectivity index (χ3v) is 9.39. The van der Waals surface area contributed by atoms with E-state index < -0.39 is 60.5 Å². The van der Waals surface area contributed by atoms with Crippen LogP contribution in [0.3, 0.4) is 0 Å². The molecule has 274 valence electrons. The summed E-state index contributed by atoms with van der Waals surface area (Å²) in [5, 5.41) is 4.87. The number of hydrogen-bond donors (Lipinski definition) is 4. The number of carbonyl (C=O) groups is 4. The van der Waals surface area contributed by atoms with Crippen molar-refractivity contribution in [2.75, 3.05) is 27.3 Å². The van der Waals surface area contributed by atoms with Crippen LogP contribution >= 0.6 is 0 Å². The highest BCUT2D eigenvalue weighted by Crippen LogP contribution is 2.36. The summed E-state index contributed by atoms with van der Waals surface area (Å²) in [7, 11) is 2.40. The van der Waals surface area contributed by atoms with Gasteiger partial charge in [0.25, 0.3) is 0 Å². The zero-order valence-corrected chi connectivity index (χ0v) is 29.1. The molecule has 4 amide bonds. The number of aromatic amines is 2. The van der Waals surface area contributed by atoms with Crippen LogP contribution in [0.1, 0.15) is 50.4 Å². The Morgan fingerprint density at radius 3 is 1.37 bits per heavy atom. The Kier molecular flexibility index (Phi) is 10.5. The van der Waals surface area contributed by atoms with Gasteiger partial charge >= 0.3 is 12.2 Å². The van der Waals surface area contributed by atoms with E-state index in [-0.39, 0.29) is 25.9 Å². The van der Waals surface area contributed by atoms with E-state index in [9.17, 15) is 28.0 Å². The highest BCUT2D eigenvalue weighted by Gasteiger charge is 2.41. The molecule has 6 atom stereocenters. The molecule has 52 heavy (non-hydrogen) atoms. The van der Waals surface area contributed by atoms with Gasteiger partial charge in [0.1, 0.15) is 36.1 Å². The molecule has 2 saturated heterocycles. The Balaban J connectivity index is 1.11. The van der Waals surface area contributed by atoms with Crippen molar-refractivity contribution in [3.63, 3.8) is 0 Å². The van der Waals surface area contributed by atoms with Gasteiger partial charge in [0.15, 0.2) is 0 Å². The fraction of sp³-hybridized carbons (Fsp3) is 0.389. The summed E-state index contributed by atoms with van der Waals surface area (Å²) >= 11 is 0. The maximum atomic E-state index is 14.5. The predicted molar refractivity (Wildman–Crippen MR) is 185 cm³/mol. The van der Waals surface area contributed by atoms with Crippen LogP contribution in [-0.2, 0) is 19.1 Å². The van der Waals surface area contributed by atoms with Crippen molar-refractivity contribution in [1.29, 1.82) is 0 Å². The third-order valence-electron chi connectivity index (χ3n) is 9.39. The predicted octanol–water partition coefficient (Wildman–Crippen LogP) is 4.85. The van der Waals surface area contributed by atoms with Gasteiger partial charge in [-0.15, -0.1) is 0 Å². The van der Waals surface area contributed by atoms with Crippen LogP contribution in [0.25, 0.3) is 33.6 Å². The lowest BCUT2D eigenvalue weighted by Crippen LogP contribution is -2.47. The fourth-order valence-corrected chi connectivity index (χ4v) is 6.66. The quantitative estimate of drug-likeness (QED) is 0.190. The first-order chi connectivity index (χ1) is 24.9. The molecule has 0 bridgehead atoms. The number of carbonyl (C=O) groups excluding carboxylic acids is 4.